The Labute approximate surface area is 119 Å². The Balaban J connectivity index is 2.19. The van der Waals surface area contributed by atoms with Crippen LogP contribution in [0.15, 0.2) is 30.7 Å². The number of rotatable bonds is 1. The molecule has 0 saturated heterocycles. The summed E-state index contributed by atoms with van der Waals surface area (Å²) in [5.74, 6) is 0. The second kappa shape index (κ2) is 4.20. The number of aromatic nitrogens is 4. The van der Waals surface area contributed by atoms with Gasteiger partial charge in [-0.25, -0.2) is 0 Å². The lowest BCUT2D eigenvalue weighted by Crippen LogP contribution is -2.22. The Morgan fingerprint density at radius 3 is 2.45 bits per heavy atom. The fraction of sp³-hybridized carbons (Fsp3) is 0.375. The van der Waals surface area contributed by atoms with E-state index in [1.807, 2.05) is 25.6 Å². The average Bonchev–Trinajstić information content (AvgIpc) is 2.89. The fourth-order valence-electron chi connectivity index (χ4n) is 2.85. The number of hydrogen-bond donors (Lipinski definition) is 0. The largest absolute Gasteiger partial charge is 0.338 e. The van der Waals surface area contributed by atoms with Gasteiger partial charge in [0.05, 0.1) is 23.6 Å². The molecule has 0 spiro atoms. The van der Waals surface area contributed by atoms with Crippen molar-refractivity contribution in [1.29, 1.82) is 0 Å². The summed E-state index contributed by atoms with van der Waals surface area (Å²) in [7, 11) is 1.92. The highest BCUT2D eigenvalue weighted by atomic mass is 15.2. The predicted molar refractivity (Wildman–Crippen MR) is 81.7 cm³/mol. The first-order valence-electron chi connectivity index (χ1n) is 6.84. The van der Waals surface area contributed by atoms with Gasteiger partial charge in [0.15, 0.2) is 0 Å². The van der Waals surface area contributed by atoms with Gasteiger partial charge in [0, 0.05) is 35.4 Å². The van der Waals surface area contributed by atoms with Crippen molar-refractivity contribution in [3.05, 3.63) is 36.4 Å². The van der Waals surface area contributed by atoms with Crippen molar-refractivity contribution < 1.29 is 0 Å². The first-order valence-corrected chi connectivity index (χ1v) is 6.84. The minimum atomic E-state index is 0.0589. The lowest BCUT2D eigenvalue weighted by Gasteiger charge is -2.24. The number of nitrogens with zero attached hydrogens (tertiary/aromatic N) is 4. The van der Waals surface area contributed by atoms with Crippen molar-refractivity contribution in [2.24, 2.45) is 7.05 Å². The molecule has 0 saturated carbocycles. The first-order chi connectivity index (χ1) is 9.36. The topological polar surface area (TPSA) is 35.6 Å². The van der Waals surface area contributed by atoms with E-state index in [4.69, 9.17) is 0 Å². The van der Waals surface area contributed by atoms with E-state index < -0.39 is 0 Å². The SMILES string of the molecule is Cc1cc2cc(-c3cnn(C)c3)ncc2n1C(C)(C)C. The van der Waals surface area contributed by atoms with Crippen molar-refractivity contribution in [3.8, 4) is 11.3 Å². The third-order valence-electron chi connectivity index (χ3n) is 3.54. The summed E-state index contributed by atoms with van der Waals surface area (Å²) >= 11 is 0. The Bertz CT molecular complexity index is 771. The molecule has 104 valence electrons. The molecule has 0 aliphatic rings. The van der Waals surface area contributed by atoms with Gasteiger partial charge in [-0.15, -0.1) is 0 Å². The molecule has 0 bridgehead atoms. The zero-order valence-electron chi connectivity index (χ0n) is 12.7. The molecule has 0 aliphatic carbocycles. The van der Waals surface area contributed by atoms with E-state index in [2.05, 4.69) is 54.5 Å². The van der Waals surface area contributed by atoms with E-state index in [0.29, 0.717) is 0 Å². The number of aryl methyl sites for hydroxylation is 2. The lowest BCUT2D eigenvalue weighted by atomic mass is 10.1. The molecule has 3 aromatic rings. The first kappa shape index (κ1) is 12.9. The van der Waals surface area contributed by atoms with E-state index >= 15 is 0 Å². The minimum absolute atomic E-state index is 0.0589. The molecular formula is C16H20N4. The molecule has 20 heavy (non-hydrogen) atoms. The Morgan fingerprint density at radius 2 is 1.85 bits per heavy atom. The van der Waals surface area contributed by atoms with Crippen LogP contribution < -0.4 is 0 Å². The quantitative estimate of drug-likeness (QED) is 0.677. The molecule has 0 unspecified atom stereocenters. The van der Waals surface area contributed by atoms with Crippen LogP contribution >= 0.6 is 0 Å². The fourth-order valence-corrected chi connectivity index (χ4v) is 2.85. The van der Waals surface area contributed by atoms with Crippen molar-refractivity contribution in [3.63, 3.8) is 0 Å². The maximum absolute atomic E-state index is 4.60. The predicted octanol–water partition coefficient (Wildman–Crippen LogP) is 3.50. The van der Waals surface area contributed by atoms with Gasteiger partial charge >= 0.3 is 0 Å². The zero-order valence-corrected chi connectivity index (χ0v) is 12.7. The average molecular weight is 268 g/mol. The molecule has 3 heterocycles. The molecule has 0 fully saturated rings. The highest BCUT2D eigenvalue weighted by molar-refractivity contribution is 5.84. The van der Waals surface area contributed by atoms with Gasteiger partial charge in [-0.2, -0.15) is 5.10 Å². The molecule has 4 nitrogen and oxygen atoms in total. The maximum Gasteiger partial charge on any atom is 0.0741 e. The van der Waals surface area contributed by atoms with Gasteiger partial charge in [-0.1, -0.05) is 0 Å². The van der Waals surface area contributed by atoms with Crippen molar-refractivity contribution >= 4 is 10.9 Å². The molecule has 3 rings (SSSR count). The monoisotopic (exact) mass is 268 g/mol. The normalized spacial score (nSPS) is 12.2. The van der Waals surface area contributed by atoms with Gasteiger partial charge in [0.1, 0.15) is 0 Å². The van der Waals surface area contributed by atoms with Gasteiger partial charge in [-0.3, -0.25) is 9.67 Å². The molecule has 0 radical (unpaired) electrons. The minimum Gasteiger partial charge on any atom is -0.338 e. The lowest BCUT2D eigenvalue weighted by molar-refractivity contribution is 0.403. The summed E-state index contributed by atoms with van der Waals surface area (Å²) in [6, 6.07) is 4.36. The van der Waals surface area contributed by atoms with Crippen LogP contribution in [0.4, 0.5) is 0 Å². The van der Waals surface area contributed by atoms with Crippen molar-refractivity contribution in [2.45, 2.75) is 33.2 Å². The van der Waals surface area contributed by atoms with Crippen LogP contribution in [-0.2, 0) is 12.6 Å². The van der Waals surface area contributed by atoms with Crippen LogP contribution in [0.1, 0.15) is 26.5 Å². The molecule has 4 heteroatoms. The summed E-state index contributed by atoms with van der Waals surface area (Å²) in [5.41, 5.74) is 4.52. The highest BCUT2D eigenvalue weighted by Gasteiger charge is 2.18. The van der Waals surface area contributed by atoms with Crippen molar-refractivity contribution in [1.82, 2.24) is 19.3 Å². The Hall–Kier alpha value is -2.10. The second-order valence-electron chi connectivity index (χ2n) is 6.32. The molecule has 0 N–H and O–H groups in total. The van der Waals surface area contributed by atoms with E-state index in [-0.39, 0.29) is 5.54 Å². The van der Waals surface area contributed by atoms with E-state index in [1.54, 1.807) is 4.68 Å². The number of pyridine rings is 1. The van der Waals surface area contributed by atoms with Crippen LogP contribution in [-0.4, -0.2) is 19.3 Å². The van der Waals surface area contributed by atoms with Gasteiger partial charge in [0.25, 0.3) is 0 Å². The second-order valence-corrected chi connectivity index (χ2v) is 6.32. The van der Waals surface area contributed by atoms with E-state index in [1.165, 1.54) is 16.6 Å². The van der Waals surface area contributed by atoms with Gasteiger partial charge < -0.3 is 4.57 Å². The summed E-state index contributed by atoms with van der Waals surface area (Å²) in [4.78, 5) is 4.60. The molecule has 0 aromatic carbocycles. The standard InChI is InChI=1S/C16H20N4/c1-11-6-12-7-14(13-8-18-19(5)10-13)17-9-15(12)20(11)16(2,3)4/h6-10H,1-5H3. The molecule has 0 atom stereocenters. The summed E-state index contributed by atoms with van der Waals surface area (Å²) in [6.07, 6.45) is 5.81. The van der Waals surface area contributed by atoms with Crippen molar-refractivity contribution in [2.75, 3.05) is 0 Å². The summed E-state index contributed by atoms with van der Waals surface area (Å²) in [5, 5.41) is 5.43. The van der Waals surface area contributed by atoms with E-state index in [9.17, 15) is 0 Å². The Morgan fingerprint density at radius 1 is 1.10 bits per heavy atom. The van der Waals surface area contributed by atoms with Crippen LogP contribution in [0.5, 0.6) is 0 Å². The van der Waals surface area contributed by atoms with Crippen LogP contribution in [0.2, 0.25) is 0 Å². The highest BCUT2D eigenvalue weighted by Crippen LogP contribution is 2.29. The van der Waals surface area contributed by atoms with Gasteiger partial charge in [-0.05, 0) is 39.8 Å². The third kappa shape index (κ3) is 2.01. The van der Waals surface area contributed by atoms with E-state index in [0.717, 1.165) is 11.3 Å². The molecule has 3 aromatic heterocycles. The number of hydrogen-bond acceptors (Lipinski definition) is 2. The summed E-state index contributed by atoms with van der Waals surface area (Å²) < 4.78 is 4.13. The molecule has 0 amide bonds. The summed E-state index contributed by atoms with van der Waals surface area (Å²) in [6.45, 7) is 8.80. The molecule has 0 aliphatic heterocycles. The van der Waals surface area contributed by atoms with Crippen LogP contribution in [0.3, 0.4) is 0 Å². The smallest absolute Gasteiger partial charge is 0.0741 e. The molecular weight excluding hydrogens is 248 g/mol. The maximum atomic E-state index is 4.60. The number of fused-ring (bicyclic) bond motifs is 1. The van der Waals surface area contributed by atoms with Gasteiger partial charge in [0.2, 0.25) is 0 Å². The Kier molecular flexibility index (Phi) is 2.71. The zero-order chi connectivity index (χ0) is 14.5. The van der Waals surface area contributed by atoms with Crippen LogP contribution in [0.25, 0.3) is 22.2 Å². The third-order valence-corrected chi connectivity index (χ3v) is 3.54. The van der Waals surface area contributed by atoms with Crippen LogP contribution in [0, 0.1) is 6.92 Å².